The van der Waals surface area contributed by atoms with E-state index in [1.54, 1.807) is 18.3 Å². The Hall–Kier alpha value is -2.37. The fraction of sp³-hybridized carbons (Fsp3) is 0.526. The number of esters is 1. The Kier molecular flexibility index (Phi) is 5.36. The van der Waals surface area contributed by atoms with Gasteiger partial charge < -0.3 is 14.2 Å². The maximum absolute atomic E-state index is 12.4. The van der Waals surface area contributed by atoms with Crippen molar-refractivity contribution in [2.45, 2.75) is 39.2 Å². The van der Waals surface area contributed by atoms with Crippen molar-refractivity contribution in [2.75, 3.05) is 18.0 Å². The lowest BCUT2D eigenvalue weighted by Crippen LogP contribution is -2.38. The third-order valence-electron chi connectivity index (χ3n) is 4.56. The molecule has 0 radical (unpaired) electrons. The molecule has 1 aliphatic heterocycles. The van der Waals surface area contributed by atoms with Crippen LogP contribution in [0.4, 0.5) is 5.82 Å². The van der Waals surface area contributed by atoms with Crippen LogP contribution in [0.1, 0.15) is 42.9 Å². The zero-order valence-corrected chi connectivity index (χ0v) is 15.2. The molecule has 6 nitrogen and oxygen atoms in total. The molecule has 1 saturated heterocycles. The number of carbonyl (C=O) groups excluding carboxylic acids is 1. The highest BCUT2D eigenvalue weighted by atomic mass is 16.5. The van der Waals surface area contributed by atoms with Crippen molar-refractivity contribution in [1.29, 1.82) is 0 Å². The van der Waals surface area contributed by atoms with Gasteiger partial charge in [0.1, 0.15) is 17.2 Å². The molecule has 0 spiro atoms. The summed E-state index contributed by atoms with van der Waals surface area (Å²) in [5.74, 6) is 2.04. The normalized spacial score (nSPS) is 17.8. The smallest absolute Gasteiger partial charge is 0.342 e. The zero-order valence-electron chi connectivity index (χ0n) is 15.2. The van der Waals surface area contributed by atoms with Crippen molar-refractivity contribution in [3.05, 3.63) is 42.1 Å². The maximum Gasteiger partial charge on any atom is 0.342 e. The Morgan fingerprint density at radius 1 is 1.36 bits per heavy atom. The number of nitrogens with zero attached hydrogens (tertiary/aromatic N) is 4. The summed E-state index contributed by atoms with van der Waals surface area (Å²) in [6.07, 6.45) is 8.62. The predicted molar refractivity (Wildman–Crippen MR) is 96.6 cm³/mol. The van der Waals surface area contributed by atoms with Gasteiger partial charge in [0.2, 0.25) is 0 Å². The predicted octanol–water partition coefficient (Wildman–Crippen LogP) is 2.84. The van der Waals surface area contributed by atoms with Crippen molar-refractivity contribution < 1.29 is 9.53 Å². The van der Waals surface area contributed by atoms with Crippen LogP contribution in [0.15, 0.2) is 30.7 Å². The summed E-state index contributed by atoms with van der Waals surface area (Å²) >= 11 is 0. The summed E-state index contributed by atoms with van der Waals surface area (Å²) < 4.78 is 7.45. The molecule has 0 amide bonds. The second-order valence-electron chi connectivity index (χ2n) is 6.94. The number of anilines is 1. The van der Waals surface area contributed by atoms with E-state index < -0.39 is 0 Å². The largest absolute Gasteiger partial charge is 0.459 e. The second-order valence-corrected chi connectivity index (χ2v) is 6.94. The zero-order chi connectivity index (χ0) is 17.8. The van der Waals surface area contributed by atoms with Gasteiger partial charge in [-0.2, -0.15) is 0 Å². The number of carbonyl (C=O) groups is 1. The minimum absolute atomic E-state index is 0.141. The number of piperidine rings is 1. The summed E-state index contributed by atoms with van der Waals surface area (Å²) in [5.41, 5.74) is 0.550. The van der Waals surface area contributed by atoms with E-state index in [2.05, 4.69) is 19.4 Å². The molecule has 2 aromatic heterocycles. The van der Waals surface area contributed by atoms with Gasteiger partial charge in [-0.1, -0.05) is 0 Å². The summed E-state index contributed by atoms with van der Waals surface area (Å²) in [6, 6.07) is 3.59. The molecule has 0 aromatic carbocycles. The quantitative estimate of drug-likeness (QED) is 0.782. The summed E-state index contributed by atoms with van der Waals surface area (Å²) in [7, 11) is 2.03. The lowest BCUT2D eigenvalue weighted by molar-refractivity contribution is 0.0378. The Bertz CT molecular complexity index is 726. The molecule has 2 aromatic rings. The van der Waals surface area contributed by atoms with Gasteiger partial charge in [0.15, 0.2) is 0 Å². The molecule has 1 atom stereocenters. The molecule has 3 heterocycles. The maximum atomic E-state index is 12.4. The molecular weight excluding hydrogens is 316 g/mol. The highest BCUT2D eigenvalue weighted by Gasteiger charge is 2.26. The van der Waals surface area contributed by atoms with Crippen molar-refractivity contribution >= 4 is 11.8 Å². The molecular formula is C19H26N4O2. The number of rotatable bonds is 5. The van der Waals surface area contributed by atoms with Crippen molar-refractivity contribution in [2.24, 2.45) is 13.0 Å². The van der Waals surface area contributed by atoms with E-state index in [1.807, 2.05) is 33.3 Å². The van der Waals surface area contributed by atoms with Crippen LogP contribution in [0.25, 0.3) is 0 Å². The summed E-state index contributed by atoms with van der Waals surface area (Å²) in [4.78, 5) is 23.5. The van der Waals surface area contributed by atoms with Crippen molar-refractivity contribution in [3.8, 4) is 0 Å². The highest BCUT2D eigenvalue weighted by molar-refractivity contribution is 5.94. The minimum atomic E-state index is -0.302. The first kappa shape index (κ1) is 17.5. The van der Waals surface area contributed by atoms with Gasteiger partial charge in [-0.15, -0.1) is 0 Å². The third kappa shape index (κ3) is 4.18. The number of ether oxygens (including phenoxy) is 1. The van der Waals surface area contributed by atoms with E-state index in [0.717, 1.165) is 37.6 Å². The van der Waals surface area contributed by atoms with Crippen LogP contribution >= 0.6 is 0 Å². The molecule has 0 aliphatic carbocycles. The van der Waals surface area contributed by atoms with Crippen LogP contribution in [0, 0.1) is 5.92 Å². The molecule has 1 aliphatic rings. The van der Waals surface area contributed by atoms with Crippen LogP contribution in [0.3, 0.4) is 0 Å². The first-order valence-corrected chi connectivity index (χ1v) is 8.91. The topological polar surface area (TPSA) is 60.2 Å². The molecule has 25 heavy (non-hydrogen) atoms. The van der Waals surface area contributed by atoms with Gasteiger partial charge in [0.25, 0.3) is 0 Å². The van der Waals surface area contributed by atoms with E-state index in [0.29, 0.717) is 11.5 Å². The molecule has 1 fully saturated rings. The fourth-order valence-corrected chi connectivity index (χ4v) is 3.36. The first-order valence-electron chi connectivity index (χ1n) is 8.91. The van der Waals surface area contributed by atoms with Gasteiger partial charge in [-0.05, 0) is 44.7 Å². The standard InChI is InChI=1S/C19H26N4O2/c1-14(2)25-19(24)16-7-4-8-21-18(16)23-10-5-6-15(13-23)12-17-20-9-11-22(17)3/h4,7-9,11,14-15H,5-6,10,12-13H2,1-3H3. The fourth-order valence-electron chi connectivity index (χ4n) is 3.36. The number of hydrogen-bond acceptors (Lipinski definition) is 5. The monoisotopic (exact) mass is 342 g/mol. The van der Waals surface area contributed by atoms with Crippen molar-refractivity contribution in [1.82, 2.24) is 14.5 Å². The number of hydrogen-bond donors (Lipinski definition) is 0. The summed E-state index contributed by atoms with van der Waals surface area (Å²) in [6.45, 7) is 5.51. The molecule has 3 rings (SSSR count). The van der Waals surface area contributed by atoms with E-state index >= 15 is 0 Å². The van der Waals surface area contributed by atoms with Gasteiger partial charge >= 0.3 is 5.97 Å². The molecule has 1 unspecified atom stereocenters. The SMILES string of the molecule is CC(C)OC(=O)c1cccnc1N1CCCC(Cc2nccn2C)C1. The Morgan fingerprint density at radius 3 is 2.92 bits per heavy atom. The van der Waals surface area contributed by atoms with Crippen LogP contribution in [-0.4, -0.2) is 39.7 Å². The Balaban J connectivity index is 1.75. The van der Waals surface area contributed by atoms with E-state index in [1.165, 1.54) is 6.42 Å². The minimum Gasteiger partial charge on any atom is -0.459 e. The van der Waals surface area contributed by atoms with E-state index in [9.17, 15) is 4.79 Å². The first-order chi connectivity index (χ1) is 12.0. The van der Waals surface area contributed by atoms with Gasteiger partial charge in [-0.25, -0.2) is 14.8 Å². The summed E-state index contributed by atoms with van der Waals surface area (Å²) in [5, 5.41) is 0. The Morgan fingerprint density at radius 2 is 2.20 bits per heavy atom. The lowest BCUT2D eigenvalue weighted by Gasteiger charge is -2.34. The highest BCUT2D eigenvalue weighted by Crippen LogP contribution is 2.26. The van der Waals surface area contributed by atoms with Crippen LogP contribution < -0.4 is 4.90 Å². The number of imidazole rings is 1. The second kappa shape index (κ2) is 7.68. The average Bonchev–Trinajstić information content (AvgIpc) is 2.99. The molecule has 0 saturated carbocycles. The Labute approximate surface area is 148 Å². The lowest BCUT2D eigenvalue weighted by atomic mass is 9.94. The number of pyridine rings is 1. The van der Waals surface area contributed by atoms with E-state index in [-0.39, 0.29) is 12.1 Å². The van der Waals surface area contributed by atoms with Crippen LogP contribution in [0.5, 0.6) is 0 Å². The molecule has 134 valence electrons. The molecule has 0 N–H and O–H groups in total. The van der Waals surface area contributed by atoms with E-state index in [4.69, 9.17) is 4.74 Å². The van der Waals surface area contributed by atoms with Gasteiger partial charge in [0.05, 0.1) is 6.10 Å². The third-order valence-corrected chi connectivity index (χ3v) is 4.56. The van der Waals surface area contributed by atoms with Gasteiger partial charge in [-0.3, -0.25) is 0 Å². The number of aryl methyl sites for hydroxylation is 1. The number of aromatic nitrogens is 3. The molecule has 0 bridgehead atoms. The average molecular weight is 342 g/mol. The van der Waals surface area contributed by atoms with Crippen LogP contribution in [-0.2, 0) is 18.2 Å². The van der Waals surface area contributed by atoms with Gasteiger partial charge in [0, 0.05) is 45.1 Å². The van der Waals surface area contributed by atoms with Crippen LogP contribution in [0.2, 0.25) is 0 Å². The molecule has 6 heteroatoms. The van der Waals surface area contributed by atoms with Crippen molar-refractivity contribution in [3.63, 3.8) is 0 Å².